The summed E-state index contributed by atoms with van der Waals surface area (Å²) in [4.78, 5) is 44.5. The first kappa shape index (κ1) is 30.4. The molecule has 9 heteroatoms. The largest absolute Gasteiger partial charge is 0.494 e. The van der Waals surface area contributed by atoms with E-state index < -0.39 is 33.4 Å². The molecule has 0 saturated carbocycles. The molecule has 3 saturated heterocycles. The number of nitrogens with one attached hydrogen (secondary N) is 2. The number of hydrogen-bond donors (Lipinski definition) is 3. The summed E-state index contributed by atoms with van der Waals surface area (Å²) in [5.41, 5.74) is 3.30. The smallest absolute Gasteiger partial charge is 0.248 e. The van der Waals surface area contributed by atoms with Crippen molar-refractivity contribution in [2.24, 2.45) is 17.8 Å². The Bertz CT molecular complexity index is 1370. The summed E-state index contributed by atoms with van der Waals surface area (Å²) in [6.07, 6.45) is 2.11. The molecule has 8 nitrogen and oxygen atoms in total. The Morgan fingerprint density at radius 2 is 1.81 bits per heavy atom. The van der Waals surface area contributed by atoms with Gasteiger partial charge in [0.2, 0.25) is 17.7 Å². The van der Waals surface area contributed by atoms with Crippen LogP contribution in [-0.4, -0.2) is 62.5 Å². The maximum Gasteiger partial charge on any atom is 0.248 e. The minimum Gasteiger partial charge on any atom is -0.494 e. The highest BCUT2D eigenvalue weighted by atomic mass is 32.2. The van der Waals surface area contributed by atoms with E-state index in [0.29, 0.717) is 24.4 Å². The van der Waals surface area contributed by atoms with Crippen LogP contribution in [0.4, 0.5) is 11.4 Å². The molecule has 3 N–H and O–H groups in total. The lowest BCUT2D eigenvalue weighted by atomic mass is 9.66. The summed E-state index contributed by atoms with van der Waals surface area (Å²) in [5.74, 6) is -1.28. The number of aliphatic hydroxyl groups is 1. The van der Waals surface area contributed by atoms with Gasteiger partial charge in [-0.2, -0.15) is 0 Å². The molecule has 0 radical (unpaired) electrons. The van der Waals surface area contributed by atoms with Crippen LogP contribution in [0.3, 0.4) is 0 Å². The molecular formula is C33H43N3O5S. The average molecular weight is 594 g/mol. The zero-order valence-electron chi connectivity index (χ0n) is 25.4. The second-order valence-electron chi connectivity index (χ2n) is 12.4. The van der Waals surface area contributed by atoms with Crippen LogP contribution < -0.4 is 15.4 Å². The number of amides is 3. The topological polar surface area (TPSA) is 108 Å². The number of hydrogen-bond acceptors (Lipinski definition) is 6. The molecule has 226 valence electrons. The van der Waals surface area contributed by atoms with E-state index in [1.54, 1.807) is 28.8 Å². The Balaban J connectivity index is 1.52. The number of aliphatic hydroxyl groups excluding tert-OH is 1. The minimum absolute atomic E-state index is 0.0286. The summed E-state index contributed by atoms with van der Waals surface area (Å²) >= 11 is 1.63. The van der Waals surface area contributed by atoms with Crippen LogP contribution in [0, 0.1) is 31.6 Å². The lowest BCUT2D eigenvalue weighted by Crippen LogP contribution is -2.56. The van der Waals surface area contributed by atoms with Crippen molar-refractivity contribution >= 4 is 40.9 Å². The van der Waals surface area contributed by atoms with Gasteiger partial charge < -0.3 is 25.4 Å². The first-order valence-corrected chi connectivity index (χ1v) is 15.9. The SMILES string of the molecule is CCOc1ccc(NC(=O)[C@@H]2[C@H]3C(=O)N([C@@H](CO)[C@@H](C)CC)C(C(=O)Nc4cc(C)ccc4C)C34CC[C@@]2(C)S4)cc1. The number of benzene rings is 2. The molecular weight excluding hydrogens is 550 g/mol. The second-order valence-corrected chi connectivity index (χ2v) is 14.3. The highest BCUT2D eigenvalue weighted by Crippen LogP contribution is 2.71. The maximum atomic E-state index is 14.5. The molecule has 3 aliphatic heterocycles. The van der Waals surface area contributed by atoms with Crippen molar-refractivity contribution in [2.45, 2.75) is 82.4 Å². The van der Waals surface area contributed by atoms with Crippen LogP contribution in [0.25, 0.3) is 0 Å². The van der Waals surface area contributed by atoms with Crippen molar-refractivity contribution in [3.05, 3.63) is 53.6 Å². The maximum absolute atomic E-state index is 14.5. The molecule has 3 heterocycles. The van der Waals surface area contributed by atoms with Gasteiger partial charge >= 0.3 is 0 Å². The monoisotopic (exact) mass is 593 g/mol. The molecule has 7 atom stereocenters. The zero-order chi connectivity index (χ0) is 30.4. The van der Waals surface area contributed by atoms with Gasteiger partial charge in [0.25, 0.3) is 0 Å². The molecule has 0 aliphatic carbocycles. The molecule has 2 unspecified atom stereocenters. The summed E-state index contributed by atoms with van der Waals surface area (Å²) in [6.45, 7) is 12.2. The first-order chi connectivity index (χ1) is 20.0. The van der Waals surface area contributed by atoms with E-state index in [0.717, 1.165) is 29.7 Å². The Morgan fingerprint density at radius 1 is 1.10 bits per heavy atom. The van der Waals surface area contributed by atoms with Crippen LogP contribution in [0.15, 0.2) is 42.5 Å². The van der Waals surface area contributed by atoms with E-state index in [2.05, 4.69) is 17.6 Å². The third-order valence-electron chi connectivity index (χ3n) is 9.67. The number of likely N-dealkylation sites (tertiary alicyclic amines) is 1. The number of aryl methyl sites for hydroxylation is 2. The van der Waals surface area contributed by atoms with Crippen molar-refractivity contribution in [2.75, 3.05) is 23.8 Å². The fourth-order valence-corrected chi connectivity index (χ4v) is 9.67. The lowest BCUT2D eigenvalue weighted by molar-refractivity contribution is -0.142. The van der Waals surface area contributed by atoms with E-state index in [1.807, 2.05) is 65.0 Å². The summed E-state index contributed by atoms with van der Waals surface area (Å²) in [7, 11) is 0. The molecule has 2 aromatic rings. The summed E-state index contributed by atoms with van der Waals surface area (Å²) in [5, 5.41) is 16.8. The molecule has 3 aliphatic rings. The predicted molar refractivity (Wildman–Crippen MR) is 167 cm³/mol. The minimum atomic E-state index is -0.809. The standard InChI is InChI=1S/C33H43N3O5S/c1-7-20(4)25(18-37)36-28(30(39)35-24-17-19(3)9-10-21(24)5)33-16-15-32(6,42-33)26(27(33)31(36)40)29(38)34-22-11-13-23(14-12-22)41-8-2/h9-14,17,20,25-28,37H,7-8,15-16,18H2,1-6H3,(H,34,38)(H,35,39)/t20-,25-,26-,27-,28?,32+,33?/m0/s1. The van der Waals surface area contributed by atoms with E-state index in [4.69, 9.17) is 4.74 Å². The van der Waals surface area contributed by atoms with Crippen LogP contribution in [0.5, 0.6) is 5.75 Å². The van der Waals surface area contributed by atoms with Gasteiger partial charge in [-0.3, -0.25) is 14.4 Å². The molecule has 1 spiro atoms. The van der Waals surface area contributed by atoms with Gasteiger partial charge in [0.15, 0.2) is 0 Å². The summed E-state index contributed by atoms with van der Waals surface area (Å²) in [6, 6.07) is 11.8. The van der Waals surface area contributed by atoms with Crippen molar-refractivity contribution in [3.8, 4) is 5.75 Å². The van der Waals surface area contributed by atoms with Gasteiger partial charge in [-0.15, -0.1) is 11.8 Å². The van der Waals surface area contributed by atoms with Gasteiger partial charge in [-0.25, -0.2) is 0 Å². The van der Waals surface area contributed by atoms with Gasteiger partial charge in [-0.1, -0.05) is 32.4 Å². The number of nitrogens with zero attached hydrogens (tertiary/aromatic N) is 1. The number of carbonyl (C=O) groups is 3. The van der Waals surface area contributed by atoms with Gasteiger partial charge in [0.1, 0.15) is 11.8 Å². The Kier molecular flexibility index (Phi) is 8.38. The molecule has 3 fully saturated rings. The molecule has 5 rings (SSSR count). The fourth-order valence-electron chi connectivity index (χ4n) is 7.33. The highest BCUT2D eigenvalue weighted by Gasteiger charge is 2.77. The number of rotatable bonds is 10. The first-order valence-electron chi connectivity index (χ1n) is 15.0. The van der Waals surface area contributed by atoms with E-state index in [-0.39, 0.29) is 30.2 Å². The second kappa shape index (κ2) is 11.6. The van der Waals surface area contributed by atoms with Gasteiger partial charge in [0, 0.05) is 16.1 Å². The third-order valence-corrected chi connectivity index (χ3v) is 11.7. The average Bonchev–Trinajstić information content (AvgIpc) is 3.53. The van der Waals surface area contributed by atoms with Crippen molar-refractivity contribution in [3.63, 3.8) is 0 Å². The Morgan fingerprint density at radius 3 is 2.45 bits per heavy atom. The van der Waals surface area contributed by atoms with Crippen LogP contribution >= 0.6 is 11.8 Å². The van der Waals surface area contributed by atoms with Crippen LogP contribution in [0.2, 0.25) is 0 Å². The number of fused-ring (bicyclic) bond motifs is 1. The molecule has 2 bridgehead atoms. The van der Waals surface area contributed by atoms with Gasteiger partial charge in [0.05, 0.1) is 35.8 Å². The third kappa shape index (κ3) is 4.98. The van der Waals surface area contributed by atoms with Crippen LogP contribution in [-0.2, 0) is 14.4 Å². The van der Waals surface area contributed by atoms with Crippen molar-refractivity contribution in [1.29, 1.82) is 0 Å². The zero-order valence-corrected chi connectivity index (χ0v) is 26.2. The number of carbonyl (C=O) groups excluding carboxylic acids is 3. The van der Waals surface area contributed by atoms with Crippen molar-refractivity contribution in [1.82, 2.24) is 4.90 Å². The lowest BCUT2D eigenvalue weighted by Gasteiger charge is -2.39. The molecule has 2 aromatic carbocycles. The van der Waals surface area contributed by atoms with Crippen LogP contribution in [0.1, 0.15) is 58.1 Å². The molecule has 42 heavy (non-hydrogen) atoms. The Labute approximate surface area is 253 Å². The quantitative estimate of drug-likeness (QED) is 0.351. The molecule has 0 aromatic heterocycles. The van der Waals surface area contributed by atoms with Crippen molar-refractivity contribution < 1.29 is 24.2 Å². The fraction of sp³-hybridized carbons (Fsp3) is 0.545. The highest BCUT2D eigenvalue weighted by molar-refractivity contribution is 8.02. The van der Waals surface area contributed by atoms with E-state index >= 15 is 0 Å². The number of anilines is 2. The normalized spacial score (nSPS) is 29.3. The van der Waals surface area contributed by atoms with E-state index in [9.17, 15) is 19.5 Å². The van der Waals surface area contributed by atoms with Gasteiger partial charge in [-0.05, 0) is 87.9 Å². The van der Waals surface area contributed by atoms with E-state index in [1.165, 1.54) is 0 Å². The Hall–Kier alpha value is -3.04. The molecule has 3 amide bonds. The number of ether oxygens (including phenoxy) is 1. The summed E-state index contributed by atoms with van der Waals surface area (Å²) < 4.78 is 4.27. The number of thioether (sulfide) groups is 1. The predicted octanol–water partition coefficient (Wildman–Crippen LogP) is 5.17.